The van der Waals surface area contributed by atoms with E-state index in [0.717, 1.165) is 67.3 Å². The topological polar surface area (TPSA) is 192 Å². The zero-order valence-corrected chi connectivity index (χ0v) is 44.6. The van der Waals surface area contributed by atoms with Gasteiger partial charge in [0.25, 0.3) is 0 Å². The van der Waals surface area contributed by atoms with E-state index in [0.29, 0.717) is 47.6 Å². The first kappa shape index (κ1) is 53.5. The number of piperazine rings is 1. The van der Waals surface area contributed by atoms with Crippen molar-refractivity contribution < 1.29 is 28.1 Å². The number of nitrogens with zero attached hydrogens (tertiary/aromatic N) is 8. The van der Waals surface area contributed by atoms with Crippen molar-refractivity contribution in [1.29, 1.82) is 0 Å². The van der Waals surface area contributed by atoms with Crippen LogP contribution in [0.3, 0.4) is 0 Å². The lowest BCUT2D eigenvalue weighted by Crippen LogP contribution is -2.59. The average Bonchev–Trinajstić information content (AvgIpc) is 3.99. The predicted molar refractivity (Wildman–Crippen MR) is 288 cm³/mol. The maximum absolute atomic E-state index is 15.7. The average molecular weight is 1060 g/mol. The van der Waals surface area contributed by atoms with Crippen LogP contribution in [-0.2, 0) is 31.9 Å². The van der Waals surface area contributed by atoms with Crippen molar-refractivity contribution in [3.63, 3.8) is 0 Å². The molecule has 3 saturated heterocycles. The number of carbonyl (C=O) groups is 3. The van der Waals surface area contributed by atoms with Crippen LogP contribution in [0.25, 0.3) is 10.4 Å². The number of benzene rings is 3. The first-order valence-electron chi connectivity index (χ1n) is 24.7. The first-order chi connectivity index (χ1) is 34.9. The zero-order chi connectivity index (χ0) is 52.0. The highest BCUT2D eigenvalue weighted by Gasteiger charge is 2.44. The number of aromatic nitrogens is 3. The summed E-state index contributed by atoms with van der Waals surface area (Å²) in [6.07, 6.45) is 4.17. The van der Waals surface area contributed by atoms with Crippen LogP contribution < -0.4 is 30.5 Å². The number of carbonyl (C=O) groups excluding carboxylic acids is 3. The highest BCUT2D eigenvalue weighted by atomic mass is 35.5. The van der Waals surface area contributed by atoms with Gasteiger partial charge in [0.2, 0.25) is 23.7 Å². The Bertz CT molecular complexity index is 2760. The SMILES string of the molecule is Cc1ncsc1-c1ccc(CNC(=O)[C@@H]2C[C@@H](O)CN2C(=O)[C@@H](NC(=O)CN2CCC(CN3CCN(c4ccc(Nc5ncc(Cl)c(Nc6ccccc6N(C)S(C)=O)n5)cc4F)CC3)CC2)C(C)(C)C)cc1. The predicted octanol–water partition coefficient (Wildman–Crippen LogP) is 6.56. The second-order valence-electron chi connectivity index (χ2n) is 20.2. The number of thiazole rings is 1. The Morgan fingerprint density at radius 1 is 0.973 bits per heavy atom. The Kier molecular flexibility index (Phi) is 17.3. The Morgan fingerprint density at radius 3 is 2.37 bits per heavy atom. The molecule has 5 heterocycles. The fourth-order valence-corrected chi connectivity index (χ4v) is 11.0. The van der Waals surface area contributed by atoms with Gasteiger partial charge in [-0.05, 0) is 85.6 Å². The van der Waals surface area contributed by atoms with E-state index in [1.54, 1.807) is 41.1 Å². The van der Waals surface area contributed by atoms with Crippen molar-refractivity contribution in [1.82, 2.24) is 40.3 Å². The summed E-state index contributed by atoms with van der Waals surface area (Å²) >= 11 is 8.03. The van der Waals surface area contributed by atoms with E-state index in [1.165, 1.54) is 17.2 Å². The molecule has 21 heteroatoms. The standard InChI is InChI=1S/C52H66ClFN12O5S2/c1-33-46(72-32-57-33)36-13-11-34(12-14-36)27-55-49(69)44-26-38(67)30-66(44)50(70)47(52(2,3)4)60-45(68)31-63-19-17-35(18-20-63)29-64-21-23-65(24-22-64)42-16-15-37(25-40(42)54)58-51-56-28-39(53)48(61-51)59-41-9-7-8-10-43(41)62(5)73(6)71/h7-16,25,28,32,35,38,44,47,67H,17-24,26-27,29-31H2,1-6H3,(H,55,69)(H,60,68)(H2,56,58,59,61)/t38-,44+,47-,73?/m1/s1. The molecule has 3 aliphatic heterocycles. The highest BCUT2D eigenvalue weighted by molar-refractivity contribution is 7.85. The number of hydrogen-bond acceptors (Lipinski definition) is 14. The third kappa shape index (κ3) is 13.5. The second kappa shape index (κ2) is 23.6. The van der Waals surface area contributed by atoms with Crippen molar-refractivity contribution in [2.24, 2.45) is 11.3 Å². The molecule has 1 unspecified atom stereocenters. The second-order valence-corrected chi connectivity index (χ2v) is 22.9. The number of anilines is 6. The number of aliphatic hydroxyl groups excluding tert-OH is 1. The van der Waals surface area contributed by atoms with Crippen LogP contribution >= 0.6 is 22.9 Å². The largest absolute Gasteiger partial charge is 0.391 e. The lowest BCUT2D eigenvalue weighted by Gasteiger charge is -2.40. The Hall–Kier alpha value is -5.77. The van der Waals surface area contributed by atoms with E-state index in [9.17, 15) is 23.7 Å². The molecule has 0 saturated carbocycles. The molecule has 3 fully saturated rings. The number of amides is 3. The van der Waals surface area contributed by atoms with Gasteiger partial charge in [-0.1, -0.05) is 68.8 Å². The molecular weight excluding hydrogens is 991 g/mol. The normalized spacial score (nSPS) is 18.8. The zero-order valence-electron chi connectivity index (χ0n) is 42.2. The molecule has 2 aromatic heterocycles. The van der Waals surface area contributed by atoms with Crippen molar-refractivity contribution in [2.75, 3.05) is 92.0 Å². The van der Waals surface area contributed by atoms with Gasteiger partial charge in [-0.2, -0.15) is 4.98 Å². The van der Waals surface area contributed by atoms with E-state index >= 15 is 4.39 Å². The molecule has 3 amide bonds. The number of rotatable bonds is 17. The monoisotopic (exact) mass is 1060 g/mol. The Labute approximate surface area is 438 Å². The van der Waals surface area contributed by atoms with Gasteiger partial charge >= 0.3 is 0 Å². The van der Waals surface area contributed by atoms with Gasteiger partial charge in [-0.25, -0.2) is 18.6 Å². The molecule has 5 aromatic rings. The summed E-state index contributed by atoms with van der Waals surface area (Å²) in [6, 6.07) is 18.5. The number of piperidine rings is 1. The van der Waals surface area contributed by atoms with Gasteiger partial charge in [-0.15, -0.1) is 11.3 Å². The lowest BCUT2D eigenvalue weighted by molar-refractivity contribution is -0.144. The summed E-state index contributed by atoms with van der Waals surface area (Å²) in [6.45, 7) is 13.4. The molecule has 17 nitrogen and oxygen atoms in total. The number of hydrogen-bond donors (Lipinski definition) is 5. The van der Waals surface area contributed by atoms with Crippen molar-refractivity contribution in [3.8, 4) is 10.4 Å². The smallest absolute Gasteiger partial charge is 0.246 e. The molecular formula is C52H66ClFN12O5S2. The molecule has 8 rings (SSSR count). The summed E-state index contributed by atoms with van der Waals surface area (Å²) in [5.41, 5.74) is 6.46. The molecule has 0 spiro atoms. The third-order valence-electron chi connectivity index (χ3n) is 13.8. The summed E-state index contributed by atoms with van der Waals surface area (Å²) < 4.78 is 29.5. The number of nitrogens with one attached hydrogen (secondary N) is 4. The highest BCUT2D eigenvalue weighted by Crippen LogP contribution is 2.33. The number of β-amino-alcohol motifs (C(OH)–C–C–N with tert-alkyl or cyclic N) is 1. The van der Waals surface area contributed by atoms with Crippen LogP contribution in [0.5, 0.6) is 0 Å². The molecule has 73 heavy (non-hydrogen) atoms. The van der Waals surface area contributed by atoms with Crippen LogP contribution in [0, 0.1) is 24.1 Å². The van der Waals surface area contributed by atoms with Gasteiger partial charge in [0, 0.05) is 71.2 Å². The van der Waals surface area contributed by atoms with Crippen LogP contribution in [0.15, 0.2) is 78.4 Å². The van der Waals surface area contributed by atoms with Gasteiger partial charge in [0.15, 0.2) is 5.82 Å². The van der Waals surface area contributed by atoms with Crippen molar-refractivity contribution in [3.05, 3.63) is 101 Å². The number of para-hydroxylation sites is 2. The molecule has 390 valence electrons. The van der Waals surface area contributed by atoms with E-state index in [1.807, 2.05) is 81.7 Å². The summed E-state index contributed by atoms with van der Waals surface area (Å²) in [4.78, 5) is 63.7. The molecule has 0 bridgehead atoms. The molecule has 3 aromatic carbocycles. The molecule has 4 atom stereocenters. The van der Waals surface area contributed by atoms with Crippen LogP contribution in [0.2, 0.25) is 5.02 Å². The first-order valence-corrected chi connectivity index (χ1v) is 27.4. The van der Waals surface area contributed by atoms with Gasteiger partial charge in [0.05, 0.1) is 52.0 Å². The van der Waals surface area contributed by atoms with E-state index in [4.69, 9.17) is 11.6 Å². The minimum atomic E-state index is -1.25. The lowest BCUT2D eigenvalue weighted by atomic mass is 9.85. The van der Waals surface area contributed by atoms with Crippen molar-refractivity contribution >= 4 is 86.2 Å². The van der Waals surface area contributed by atoms with Gasteiger partial charge in [0.1, 0.15) is 33.9 Å². The van der Waals surface area contributed by atoms with Gasteiger partial charge in [-0.3, -0.25) is 28.5 Å². The summed E-state index contributed by atoms with van der Waals surface area (Å²) in [5, 5.41) is 23.2. The van der Waals surface area contributed by atoms with E-state index in [2.05, 4.69) is 50.9 Å². The summed E-state index contributed by atoms with van der Waals surface area (Å²) in [5.74, 6) is -0.326. The van der Waals surface area contributed by atoms with Gasteiger partial charge < -0.3 is 36.2 Å². The number of halogens is 2. The van der Waals surface area contributed by atoms with Crippen molar-refractivity contribution in [2.45, 2.75) is 71.7 Å². The third-order valence-corrected chi connectivity index (χ3v) is 16.1. The van der Waals surface area contributed by atoms with E-state index in [-0.39, 0.29) is 60.6 Å². The quantitative estimate of drug-likeness (QED) is 0.0674. The minimum Gasteiger partial charge on any atom is -0.391 e. The summed E-state index contributed by atoms with van der Waals surface area (Å²) in [7, 11) is 0.484. The minimum absolute atomic E-state index is 0.0108. The fraction of sp³-hybridized carbons (Fsp3) is 0.462. The molecule has 5 N–H and O–H groups in total. The van der Waals surface area contributed by atoms with E-state index < -0.39 is 34.6 Å². The number of aliphatic hydroxyl groups is 1. The Balaban J connectivity index is 0.770. The fourth-order valence-electron chi connectivity index (χ4n) is 9.66. The molecule has 3 aliphatic rings. The Morgan fingerprint density at radius 2 is 1.70 bits per heavy atom. The van der Waals surface area contributed by atoms with Crippen LogP contribution in [0.4, 0.5) is 38.9 Å². The molecule has 0 radical (unpaired) electrons. The molecule has 0 aliphatic carbocycles. The number of likely N-dealkylation sites (tertiary alicyclic amines) is 2. The maximum Gasteiger partial charge on any atom is 0.246 e. The van der Waals surface area contributed by atoms with Crippen LogP contribution in [-0.4, -0.2) is 147 Å². The number of aryl methyl sites for hydroxylation is 1. The van der Waals surface area contributed by atoms with Crippen LogP contribution in [0.1, 0.15) is 51.3 Å². The maximum atomic E-state index is 15.7.